The molecule has 0 aromatic heterocycles. The van der Waals surface area contributed by atoms with Crippen LogP contribution in [-0.4, -0.2) is 68.5 Å². The van der Waals surface area contributed by atoms with Crippen molar-refractivity contribution < 1.29 is 32.9 Å². The highest BCUT2D eigenvalue weighted by Crippen LogP contribution is 2.38. The van der Waals surface area contributed by atoms with Gasteiger partial charge in [-0.1, -0.05) is 167 Å². The van der Waals surface area contributed by atoms with E-state index in [0.717, 1.165) is 38.5 Å². The maximum absolute atomic E-state index is 12.7. The minimum atomic E-state index is -4.57. The van der Waals surface area contributed by atoms with Crippen LogP contribution >= 0.6 is 7.82 Å². The Morgan fingerprint density at radius 3 is 1.56 bits per heavy atom. The molecule has 286 valence electrons. The third-order valence-corrected chi connectivity index (χ3v) is 9.96. The van der Waals surface area contributed by atoms with Crippen LogP contribution in [0.15, 0.2) is 12.2 Å². The van der Waals surface area contributed by atoms with E-state index in [1.165, 1.54) is 122 Å². The predicted octanol–water partition coefficient (Wildman–Crippen LogP) is 9.78. The Labute approximate surface area is 297 Å². The molecular weight excluding hydrogens is 623 g/mol. The van der Waals surface area contributed by atoms with E-state index < -0.39 is 20.0 Å². The fourth-order valence-corrected chi connectivity index (χ4v) is 6.46. The Balaban J connectivity index is 4.44. The van der Waals surface area contributed by atoms with Crippen molar-refractivity contribution in [1.82, 2.24) is 5.32 Å². The number of hydrogen-bond acceptors (Lipinski definition) is 6. The van der Waals surface area contributed by atoms with Crippen molar-refractivity contribution in [3.8, 4) is 0 Å². The molecule has 48 heavy (non-hydrogen) atoms. The molecule has 0 aromatic rings. The fourth-order valence-electron chi connectivity index (χ4n) is 5.74. The molecule has 2 N–H and O–H groups in total. The minimum absolute atomic E-state index is 0.00161. The number of phosphoric acid groups is 1. The highest BCUT2D eigenvalue weighted by atomic mass is 31.2. The number of aliphatic hydroxyl groups is 1. The van der Waals surface area contributed by atoms with Gasteiger partial charge in [0.05, 0.1) is 39.9 Å². The highest BCUT2D eigenvalue weighted by molar-refractivity contribution is 7.45. The number of carbonyl (C=O) groups excluding carboxylic acids is 1. The molecule has 0 spiro atoms. The normalized spacial score (nSPS) is 14.7. The topological polar surface area (TPSA) is 108 Å². The zero-order valence-electron chi connectivity index (χ0n) is 32.2. The van der Waals surface area contributed by atoms with Crippen molar-refractivity contribution in [2.24, 2.45) is 0 Å². The quantitative estimate of drug-likeness (QED) is 0.0291. The summed E-state index contributed by atoms with van der Waals surface area (Å²) in [7, 11) is 1.27. The van der Waals surface area contributed by atoms with Gasteiger partial charge >= 0.3 is 0 Å². The molecule has 0 fully saturated rings. The number of phosphoric ester groups is 1. The van der Waals surface area contributed by atoms with Crippen LogP contribution in [0.1, 0.15) is 181 Å². The van der Waals surface area contributed by atoms with Crippen LogP contribution in [0.25, 0.3) is 0 Å². The second-order valence-corrected chi connectivity index (χ2v) is 16.4. The lowest BCUT2D eigenvalue weighted by Crippen LogP contribution is -2.45. The molecule has 1 amide bonds. The van der Waals surface area contributed by atoms with Gasteiger partial charge in [0.1, 0.15) is 13.2 Å². The van der Waals surface area contributed by atoms with Crippen LogP contribution < -0.4 is 10.2 Å². The number of nitrogens with one attached hydrogen (secondary N) is 1. The summed E-state index contributed by atoms with van der Waals surface area (Å²) in [5.41, 5.74) is 0. The monoisotopic (exact) mass is 703 g/mol. The SMILES string of the molecule is CCCCCCCCCCCCCCCCC/C=C/[C@H](O)[C@@H](COP(=O)([O-])OCC[N+](C)(C)C)NC(=O)CCCCCCCCCCC. The molecular formula is C39H79N2O6P. The predicted molar refractivity (Wildman–Crippen MR) is 201 cm³/mol. The number of hydrogen-bond donors (Lipinski definition) is 2. The van der Waals surface area contributed by atoms with Gasteiger partial charge in [0.15, 0.2) is 0 Å². The van der Waals surface area contributed by atoms with Gasteiger partial charge in [0.2, 0.25) is 5.91 Å². The van der Waals surface area contributed by atoms with E-state index in [1.54, 1.807) is 6.08 Å². The number of carbonyl (C=O) groups is 1. The molecule has 0 heterocycles. The van der Waals surface area contributed by atoms with Crippen molar-refractivity contribution >= 4 is 13.7 Å². The first-order valence-corrected chi connectivity index (χ1v) is 21.5. The molecule has 8 nitrogen and oxygen atoms in total. The van der Waals surface area contributed by atoms with Gasteiger partial charge < -0.3 is 28.8 Å². The molecule has 0 bridgehead atoms. The number of nitrogens with zero attached hydrogens (tertiary/aromatic N) is 1. The first-order chi connectivity index (χ1) is 23.0. The van der Waals surface area contributed by atoms with E-state index in [4.69, 9.17) is 9.05 Å². The van der Waals surface area contributed by atoms with Gasteiger partial charge in [-0.15, -0.1) is 0 Å². The summed E-state index contributed by atoms with van der Waals surface area (Å²) < 4.78 is 23.1. The van der Waals surface area contributed by atoms with Crippen LogP contribution in [0.2, 0.25) is 0 Å². The second-order valence-electron chi connectivity index (χ2n) is 15.0. The Kier molecular flexibility index (Phi) is 31.7. The van der Waals surface area contributed by atoms with Gasteiger partial charge in [-0.25, -0.2) is 0 Å². The Bertz CT molecular complexity index is 804. The van der Waals surface area contributed by atoms with Gasteiger partial charge in [-0.05, 0) is 19.3 Å². The Morgan fingerprint density at radius 2 is 1.12 bits per heavy atom. The summed E-state index contributed by atoms with van der Waals surface area (Å²) in [5.74, 6) is -0.201. The van der Waals surface area contributed by atoms with E-state index in [0.29, 0.717) is 17.4 Å². The van der Waals surface area contributed by atoms with Crippen molar-refractivity contribution in [2.45, 2.75) is 193 Å². The van der Waals surface area contributed by atoms with Gasteiger partial charge in [0, 0.05) is 6.42 Å². The lowest BCUT2D eigenvalue weighted by atomic mass is 10.0. The molecule has 0 aliphatic rings. The summed E-state index contributed by atoms with van der Waals surface area (Å²) in [6, 6.07) is -0.877. The minimum Gasteiger partial charge on any atom is -0.756 e. The number of quaternary nitrogens is 1. The lowest BCUT2D eigenvalue weighted by molar-refractivity contribution is -0.870. The number of amides is 1. The summed E-state index contributed by atoms with van der Waals surface area (Å²) in [6.07, 6.45) is 34.0. The smallest absolute Gasteiger partial charge is 0.268 e. The van der Waals surface area contributed by atoms with Gasteiger partial charge in [-0.2, -0.15) is 0 Å². The van der Waals surface area contributed by atoms with Crippen molar-refractivity contribution in [2.75, 3.05) is 40.9 Å². The van der Waals surface area contributed by atoms with Crippen molar-refractivity contribution in [1.29, 1.82) is 0 Å². The molecule has 0 aliphatic heterocycles. The van der Waals surface area contributed by atoms with Crippen LogP contribution in [0, 0.1) is 0 Å². The molecule has 0 aliphatic carbocycles. The third kappa shape index (κ3) is 33.7. The second kappa shape index (κ2) is 32.2. The van der Waals surface area contributed by atoms with Gasteiger partial charge in [-0.3, -0.25) is 9.36 Å². The number of unbranched alkanes of at least 4 members (excludes halogenated alkanes) is 23. The van der Waals surface area contributed by atoms with Crippen LogP contribution in [0.4, 0.5) is 0 Å². The molecule has 0 rings (SSSR count). The lowest BCUT2D eigenvalue weighted by Gasteiger charge is -2.29. The van der Waals surface area contributed by atoms with Gasteiger partial charge in [0.25, 0.3) is 7.82 Å². The Morgan fingerprint density at radius 1 is 0.708 bits per heavy atom. The van der Waals surface area contributed by atoms with E-state index in [2.05, 4.69) is 19.2 Å². The highest BCUT2D eigenvalue weighted by Gasteiger charge is 2.23. The standard InChI is InChI=1S/C39H79N2O6P/c1-6-8-10-12-14-16-17-18-19-20-21-22-23-25-26-28-30-32-38(42)37(36-47-48(44,45)46-35-34-41(3,4)5)40-39(43)33-31-29-27-24-15-13-11-9-7-2/h30,32,37-38,42H,6-29,31,33-36H2,1-5H3,(H-,40,43,44,45)/b32-30+/t37-,38+/m1/s1. The Hall–Kier alpha value is -0.760. The third-order valence-electron chi connectivity index (χ3n) is 9.00. The summed E-state index contributed by atoms with van der Waals surface area (Å²) in [4.78, 5) is 25.1. The molecule has 3 atom stereocenters. The molecule has 0 aromatic carbocycles. The largest absolute Gasteiger partial charge is 0.756 e. The number of allylic oxidation sites excluding steroid dienone is 1. The molecule has 0 saturated heterocycles. The average molecular weight is 703 g/mol. The first-order valence-electron chi connectivity index (χ1n) is 20.1. The average Bonchev–Trinajstić information content (AvgIpc) is 3.02. The maximum Gasteiger partial charge on any atom is 0.268 e. The zero-order valence-corrected chi connectivity index (χ0v) is 33.1. The van der Waals surface area contributed by atoms with E-state index in [-0.39, 0.29) is 19.1 Å². The molecule has 0 radical (unpaired) electrons. The summed E-state index contributed by atoms with van der Waals surface area (Å²) >= 11 is 0. The molecule has 0 saturated carbocycles. The maximum atomic E-state index is 12.7. The molecule has 1 unspecified atom stereocenters. The summed E-state index contributed by atoms with van der Waals surface area (Å²) in [5, 5.41) is 13.7. The van der Waals surface area contributed by atoms with E-state index in [9.17, 15) is 19.4 Å². The number of rotatable bonds is 36. The van der Waals surface area contributed by atoms with Crippen LogP contribution in [0.3, 0.4) is 0 Å². The van der Waals surface area contributed by atoms with E-state index >= 15 is 0 Å². The van der Waals surface area contributed by atoms with Crippen molar-refractivity contribution in [3.63, 3.8) is 0 Å². The zero-order chi connectivity index (χ0) is 35.8. The summed E-state index contributed by atoms with van der Waals surface area (Å²) in [6.45, 7) is 4.62. The molecule has 9 heteroatoms. The number of likely N-dealkylation sites (N-methyl/N-ethyl adjacent to an activating group) is 1. The van der Waals surface area contributed by atoms with Crippen molar-refractivity contribution in [3.05, 3.63) is 12.2 Å². The number of aliphatic hydroxyl groups excluding tert-OH is 1. The van der Waals surface area contributed by atoms with E-state index in [1.807, 2.05) is 27.2 Å². The first kappa shape index (κ1) is 47.2. The van der Waals surface area contributed by atoms with Crippen LogP contribution in [0.5, 0.6) is 0 Å². The van der Waals surface area contributed by atoms with Crippen LogP contribution in [-0.2, 0) is 18.4 Å². The fraction of sp³-hybridized carbons (Fsp3) is 0.923.